The quantitative estimate of drug-likeness (QED) is 0.480. The highest BCUT2D eigenvalue weighted by atomic mass is 35.5. The van der Waals surface area contributed by atoms with Crippen molar-refractivity contribution in [3.63, 3.8) is 0 Å². The van der Waals surface area contributed by atoms with Crippen LogP contribution in [0.1, 0.15) is 37.4 Å². The van der Waals surface area contributed by atoms with Crippen molar-refractivity contribution < 1.29 is 4.74 Å². The number of rotatable bonds is 7. The lowest BCUT2D eigenvalue weighted by Gasteiger charge is -2.10. The van der Waals surface area contributed by atoms with Crippen molar-refractivity contribution in [1.29, 1.82) is 0 Å². The van der Waals surface area contributed by atoms with Crippen molar-refractivity contribution in [3.8, 4) is 5.75 Å². The van der Waals surface area contributed by atoms with Crippen molar-refractivity contribution in [1.82, 2.24) is 4.98 Å². The molecule has 0 unspecified atom stereocenters. The molecule has 0 saturated carbocycles. The Morgan fingerprint density at radius 3 is 2.55 bits per heavy atom. The van der Waals surface area contributed by atoms with E-state index in [-0.39, 0.29) is 0 Å². The third kappa shape index (κ3) is 5.53. The van der Waals surface area contributed by atoms with Crippen LogP contribution in [0.15, 0.2) is 54.4 Å². The first-order valence-electron chi connectivity index (χ1n) is 7.67. The van der Waals surface area contributed by atoms with Gasteiger partial charge in [-0.25, -0.2) is 0 Å². The van der Waals surface area contributed by atoms with Gasteiger partial charge in [-0.05, 0) is 69.0 Å². The van der Waals surface area contributed by atoms with E-state index in [0.717, 1.165) is 47.9 Å². The number of aryl methyl sites for hydroxylation is 2. The summed E-state index contributed by atoms with van der Waals surface area (Å²) in [7, 11) is 0. The molecular formula is C19H22ClNO. The first-order valence-corrected chi connectivity index (χ1v) is 8.05. The number of pyridine rings is 1. The van der Waals surface area contributed by atoms with Crippen LogP contribution in [0.3, 0.4) is 0 Å². The average Bonchev–Trinajstić information content (AvgIpc) is 2.54. The van der Waals surface area contributed by atoms with Crippen LogP contribution in [0, 0.1) is 6.92 Å². The summed E-state index contributed by atoms with van der Waals surface area (Å²) in [5.74, 6) is 1.80. The normalized spacial score (nSPS) is 11.5. The van der Waals surface area contributed by atoms with Crippen LogP contribution >= 0.6 is 11.6 Å². The molecule has 116 valence electrons. The zero-order chi connectivity index (χ0) is 15.8. The predicted molar refractivity (Wildman–Crippen MR) is 92.4 cm³/mol. The lowest BCUT2D eigenvalue weighted by Crippen LogP contribution is -1.97. The number of nitrogens with zero attached hydrogens (tertiary/aromatic N) is 1. The van der Waals surface area contributed by atoms with E-state index >= 15 is 0 Å². The molecule has 1 heterocycles. The molecule has 3 heteroatoms. The minimum atomic E-state index is 0.792. The zero-order valence-electron chi connectivity index (χ0n) is 13.2. The molecule has 0 spiro atoms. The molecule has 0 bridgehead atoms. The number of unbranched alkanes of at least 4 members (excludes halogenated alkanes) is 1. The Bertz CT molecular complexity index is 602. The van der Waals surface area contributed by atoms with Crippen LogP contribution in [0.5, 0.6) is 5.75 Å². The van der Waals surface area contributed by atoms with Crippen LogP contribution in [0.25, 0.3) is 0 Å². The molecule has 0 radical (unpaired) electrons. The molecule has 0 aliphatic carbocycles. The molecule has 0 atom stereocenters. The maximum atomic E-state index is 5.89. The summed E-state index contributed by atoms with van der Waals surface area (Å²) >= 11 is 5.89. The van der Waals surface area contributed by atoms with Gasteiger partial charge in [0.1, 0.15) is 5.75 Å². The Labute approximate surface area is 137 Å². The monoisotopic (exact) mass is 315 g/mol. The molecule has 1 aromatic heterocycles. The molecule has 0 aliphatic rings. The maximum absolute atomic E-state index is 5.89. The highest BCUT2D eigenvalue weighted by Crippen LogP contribution is 2.18. The van der Waals surface area contributed by atoms with Gasteiger partial charge in [0.25, 0.3) is 0 Å². The van der Waals surface area contributed by atoms with Crippen molar-refractivity contribution >= 4 is 11.6 Å². The lowest BCUT2D eigenvalue weighted by atomic mass is 10.1. The van der Waals surface area contributed by atoms with E-state index in [9.17, 15) is 0 Å². The fourth-order valence-electron chi connectivity index (χ4n) is 2.20. The molecule has 2 rings (SSSR count). The van der Waals surface area contributed by atoms with E-state index < -0.39 is 0 Å². The van der Waals surface area contributed by atoms with Gasteiger partial charge < -0.3 is 4.74 Å². The molecule has 0 amide bonds. The van der Waals surface area contributed by atoms with E-state index in [1.54, 1.807) is 6.20 Å². The first-order chi connectivity index (χ1) is 10.7. The summed E-state index contributed by atoms with van der Waals surface area (Å²) in [6.07, 6.45) is 8.04. The number of aromatic nitrogens is 1. The fraction of sp³-hybridized carbons (Fsp3) is 0.316. The average molecular weight is 316 g/mol. The van der Waals surface area contributed by atoms with Crippen molar-refractivity contribution in [2.45, 2.75) is 39.5 Å². The molecule has 2 aromatic rings. The van der Waals surface area contributed by atoms with Crippen molar-refractivity contribution in [3.05, 3.63) is 70.7 Å². The van der Waals surface area contributed by atoms with Gasteiger partial charge in [0.2, 0.25) is 0 Å². The Balaban J connectivity index is 1.74. The molecule has 0 fully saturated rings. The predicted octanol–water partition coefficient (Wildman–Crippen LogP) is 5.74. The number of halogens is 1. The number of ether oxygens (including phenoxy) is 1. The van der Waals surface area contributed by atoms with E-state index in [1.165, 1.54) is 5.56 Å². The zero-order valence-corrected chi connectivity index (χ0v) is 13.9. The van der Waals surface area contributed by atoms with Crippen LogP contribution < -0.4 is 4.74 Å². The van der Waals surface area contributed by atoms with Crippen molar-refractivity contribution in [2.75, 3.05) is 0 Å². The topological polar surface area (TPSA) is 22.1 Å². The minimum Gasteiger partial charge on any atom is -0.460 e. The van der Waals surface area contributed by atoms with Crippen LogP contribution in [-0.4, -0.2) is 4.98 Å². The standard InChI is InChI=1S/C19H22ClNO/c1-3-18(22-19-13-8-15(2)21-14-19)7-5-4-6-16-9-11-17(20)12-10-16/h3,8-14H,4-7H2,1-2H3. The number of hydrogen-bond donors (Lipinski definition) is 0. The van der Waals surface area contributed by atoms with Crippen LogP contribution in [0.4, 0.5) is 0 Å². The molecule has 0 N–H and O–H groups in total. The Morgan fingerprint density at radius 1 is 1.14 bits per heavy atom. The third-order valence-electron chi connectivity index (χ3n) is 3.51. The first kappa shape index (κ1) is 16.6. The van der Waals surface area contributed by atoms with E-state index in [4.69, 9.17) is 16.3 Å². The summed E-state index contributed by atoms with van der Waals surface area (Å²) in [6, 6.07) is 12.0. The second-order valence-corrected chi connectivity index (χ2v) is 5.76. The van der Waals surface area contributed by atoms with Gasteiger partial charge in [-0.2, -0.15) is 0 Å². The lowest BCUT2D eigenvalue weighted by molar-refractivity contribution is 0.394. The van der Waals surface area contributed by atoms with E-state index in [1.807, 2.05) is 44.2 Å². The van der Waals surface area contributed by atoms with E-state index in [0.29, 0.717) is 0 Å². The van der Waals surface area contributed by atoms with E-state index in [2.05, 4.69) is 17.1 Å². The number of allylic oxidation sites excluding steroid dienone is 2. The summed E-state index contributed by atoms with van der Waals surface area (Å²) in [4.78, 5) is 4.25. The van der Waals surface area contributed by atoms with Crippen molar-refractivity contribution in [2.24, 2.45) is 0 Å². The number of hydrogen-bond acceptors (Lipinski definition) is 2. The number of benzene rings is 1. The summed E-state index contributed by atoms with van der Waals surface area (Å²) < 4.78 is 5.87. The highest BCUT2D eigenvalue weighted by molar-refractivity contribution is 6.30. The second kappa shape index (κ2) is 8.60. The van der Waals surface area contributed by atoms with Gasteiger partial charge in [0, 0.05) is 17.1 Å². The Kier molecular flexibility index (Phi) is 6.47. The van der Waals surface area contributed by atoms with Crippen LogP contribution in [0.2, 0.25) is 5.02 Å². The fourth-order valence-corrected chi connectivity index (χ4v) is 2.33. The summed E-state index contributed by atoms with van der Waals surface area (Å²) in [5.41, 5.74) is 2.33. The summed E-state index contributed by atoms with van der Waals surface area (Å²) in [5, 5.41) is 0.792. The maximum Gasteiger partial charge on any atom is 0.145 e. The minimum absolute atomic E-state index is 0.792. The van der Waals surface area contributed by atoms with Crippen LogP contribution in [-0.2, 0) is 6.42 Å². The second-order valence-electron chi connectivity index (χ2n) is 5.33. The Hall–Kier alpha value is -1.80. The highest BCUT2D eigenvalue weighted by Gasteiger charge is 2.01. The van der Waals surface area contributed by atoms with Gasteiger partial charge in [-0.3, -0.25) is 4.98 Å². The molecule has 0 aliphatic heterocycles. The van der Waals surface area contributed by atoms with Gasteiger partial charge in [-0.15, -0.1) is 0 Å². The molecule has 22 heavy (non-hydrogen) atoms. The van der Waals surface area contributed by atoms with Gasteiger partial charge in [0.15, 0.2) is 0 Å². The molecule has 2 nitrogen and oxygen atoms in total. The smallest absolute Gasteiger partial charge is 0.145 e. The van der Waals surface area contributed by atoms with Gasteiger partial charge in [-0.1, -0.05) is 23.7 Å². The Morgan fingerprint density at radius 2 is 1.91 bits per heavy atom. The largest absolute Gasteiger partial charge is 0.460 e. The molecule has 0 saturated heterocycles. The van der Waals surface area contributed by atoms with Gasteiger partial charge >= 0.3 is 0 Å². The van der Waals surface area contributed by atoms with Gasteiger partial charge in [0.05, 0.1) is 12.0 Å². The molecule has 1 aromatic carbocycles. The SMILES string of the molecule is CC=C(CCCCc1ccc(Cl)cc1)Oc1ccc(C)nc1. The third-order valence-corrected chi connectivity index (χ3v) is 3.76. The summed E-state index contributed by atoms with van der Waals surface area (Å²) in [6.45, 7) is 3.98. The molecular weight excluding hydrogens is 294 g/mol.